The largest absolute Gasteiger partial charge is 0.480 e. The summed E-state index contributed by atoms with van der Waals surface area (Å²) in [6, 6.07) is -1.29. The van der Waals surface area contributed by atoms with E-state index in [1.165, 1.54) is 9.80 Å². The van der Waals surface area contributed by atoms with Crippen molar-refractivity contribution in [1.82, 2.24) is 25.8 Å². The van der Waals surface area contributed by atoms with E-state index in [4.69, 9.17) is 5.11 Å². The number of carbonyl (C=O) groups is 6. The van der Waals surface area contributed by atoms with E-state index in [-0.39, 0.29) is 43.5 Å². The van der Waals surface area contributed by atoms with Crippen molar-refractivity contribution in [3.05, 3.63) is 0 Å². The lowest BCUT2D eigenvalue weighted by Gasteiger charge is -2.43. The molecule has 15 heteroatoms. The highest BCUT2D eigenvalue weighted by Crippen LogP contribution is 2.27. The van der Waals surface area contributed by atoms with Crippen molar-refractivity contribution in [2.45, 2.75) is 75.5 Å². The number of hydrogen-bond acceptors (Lipinski definition) is 9. The van der Waals surface area contributed by atoms with Crippen LogP contribution in [0.25, 0.3) is 0 Å². The summed E-state index contributed by atoms with van der Waals surface area (Å²) in [6.45, 7) is -2.11. The molecule has 2 fully saturated rings. The second-order valence-electron chi connectivity index (χ2n) is 10.1. The molecule has 39 heavy (non-hydrogen) atoms. The fourth-order valence-corrected chi connectivity index (χ4v) is 5.45. The summed E-state index contributed by atoms with van der Waals surface area (Å²) >= 11 is 0. The zero-order valence-corrected chi connectivity index (χ0v) is 21.8. The first-order valence-corrected chi connectivity index (χ1v) is 13.1. The van der Waals surface area contributed by atoms with Crippen LogP contribution in [0.5, 0.6) is 0 Å². The Morgan fingerprint density at radius 1 is 0.538 bits per heavy atom. The minimum absolute atomic E-state index is 0.0989. The van der Waals surface area contributed by atoms with Crippen LogP contribution < -0.4 is 16.0 Å². The van der Waals surface area contributed by atoms with Crippen LogP contribution in [0.1, 0.15) is 51.4 Å². The maximum absolute atomic E-state index is 12.9. The Morgan fingerprint density at radius 2 is 0.949 bits per heavy atom. The zero-order valence-electron chi connectivity index (χ0n) is 21.8. The summed E-state index contributed by atoms with van der Waals surface area (Å²) in [7, 11) is 0. The van der Waals surface area contributed by atoms with Crippen LogP contribution in [0.2, 0.25) is 0 Å². The molecule has 0 aliphatic heterocycles. The molecule has 220 valence electrons. The number of carbonyl (C=O) groups excluding carboxylic acids is 2. The number of nitrogens with one attached hydrogen (secondary N) is 3. The van der Waals surface area contributed by atoms with E-state index in [0.717, 1.165) is 12.8 Å². The molecule has 7 N–H and O–H groups in total. The average Bonchev–Trinajstić information content (AvgIpc) is 2.83. The van der Waals surface area contributed by atoms with Gasteiger partial charge in [-0.15, -0.1) is 0 Å². The van der Waals surface area contributed by atoms with Gasteiger partial charge in [-0.05, 0) is 38.5 Å². The molecular weight excluding hydrogens is 518 g/mol. The number of carboxylic acids is 4. The number of nitrogens with zero attached hydrogens (tertiary/aromatic N) is 2. The van der Waals surface area contributed by atoms with Gasteiger partial charge in [0.05, 0.1) is 39.3 Å². The minimum Gasteiger partial charge on any atom is -0.480 e. The van der Waals surface area contributed by atoms with Crippen molar-refractivity contribution < 1.29 is 49.2 Å². The second kappa shape index (κ2) is 16.0. The third-order valence-corrected chi connectivity index (χ3v) is 7.01. The van der Waals surface area contributed by atoms with E-state index in [9.17, 15) is 44.1 Å². The van der Waals surface area contributed by atoms with E-state index in [2.05, 4.69) is 16.0 Å². The first-order valence-electron chi connectivity index (χ1n) is 13.1. The quantitative estimate of drug-likeness (QED) is 0.113. The van der Waals surface area contributed by atoms with Crippen molar-refractivity contribution in [2.24, 2.45) is 0 Å². The van der Waals surface area contributed by atoms with Crippen LogP contribution in [0.3, 0.4) is 0 Å². The molecule has 2 aliphatic carbocycles. The molecule has 2 saturated carbocycles. The summed E-state index contributed by atoms with van der Waals surface area (Å²) in [5.74, 6) is -5.27. The summed E-state index contributed by atoms with van der Waals surface area (Å²) in [4.78, 5) is 72.6. The van der Waals surface area contributed by atoms with Gasteiger partial charge in [-0.2, -0.15) is 0 Å². The van der Waals surface area contributed by atoms with E-state index in [0.29, 0.717) is 38.5 Å². The molecule has 0 heterocycles. The fourth-order valence-electron chi connectivity index (χ4n) is 5.45. The molecule has 0 aromatic rings. The van der Waals surface area contributed by atoms with E-state index < -0.39 is 55.6 Å². The molecule has 0 radical (unpaired) electrons. The number of hydrogen-bond donors (Lipinski definition) is 7. The van der Waals surface area contributed by atoms with Crippen LogP contribution in [0.15, 0.2) is 0 Å². The van der Waals surface area contributed by atoms with E-state index >= 15 is 0 Å². The second-order valence-corrected chi connectivity index (χ2v) is 10.1. The topological polar surface area (TPSA) is 226 Å². The van der Waals surface area contributed by atoms with Gasteiger partial charge in [0, 0.05) is 24.2 Å². The average molecular weight is 558 g/mol. The fraction of sp³-hybridized carbons (Fsp3) is 0.750. The van der Waals surface area contributed by atoms with Gasteiger partial charge >= 0.3 is 23.9 Å². The molecule has 0 bridgehead atoms. The molecule has 2 rings (SSSR count). The van der Waals surface area contributed by atoms with Gasteiger partial charge in [0.1, 0.15) is 0 Å². The van der Waals surface area contributed by atoms with Gasteiger partial charge in [0.15, 0.2) is 0 Å². The van der Waals surface area contributed by atoms with Crippen molar-refractivity contribution >= 4 is 35.7 Å². The third kappa shape index (κ3) is 12.0. The molecule has 2 aliphatic rings. The predicted molar refractivity (Wildman–Crippen MR) is 135 cm³/mol. The molecule has 15 nitrogen and oxygen atoms in total. The van der Waals surface area contributed by atoms with E-state index in [1.807, 2.05) is 0 Å². The highest BCUT2D eigenvalue weighted by Gasteiger charge is 2.37. The number of rotatable bonds is 16. The Kier molecular flexibility index (Phi) is 13.1. The first-order chi connectivity index (χ1) is 18.4. The highest BCUT2D eigenvalue weighted by molar-refractivity contribution is 5.80. The van der Waals surface area contributed by atoms with Gasteiger partial charge in [0.2, 0.25) is 11.8 Å². The van der Waals surface area contributed by atoms with Gasteiger partial charge < -0.3 is 31.1 Å². The Morgan fingerprint density at radius 3 is 1.36 bits per heavy atom. The van der Waals surface area contributed by atoms with Crippen molar-refractivity contribution in [3.63, 3.8) is 0 Å². The Balaban J connectivity index is 1.94. The molecule has 0 aromatic heterocycles. The molecule has 0 aromatic carbocycles. The monoisotopic (exact) mass is 557 g/mol. The van der Waals surface area contributed by atoms with Crippen molar-refractivity contribution in [1.29, 1.82) is 0 Å². The molecule has 2 atom stereocenters. The maximum atomic E-state index is 12.9. The molecule has 0 spiro atoms. The molecule has 0 saturated heterocycles. The van der Waals surface area contributed by atoms with Crippen LogP contribution in [0, 0.1) is 0 Å². The van der Waals surface area contributed by atoms with Crippen molar-refractivity contribution in [3.8, 4) is 0 Å². The van der Waals surface area contributed by atoms with Crippen LogP contribution in [-0.4, -0.2) is 129 Å². The third-order valence-electron chi connectivity index (χ3n) is 7.01. The molecule has 1 unspecified atom stereocenters. The molecule has 2 amide bonds. The van der Waals surface area contributed by atoms with Crippen LogP contribution in [0.4, 0.5) is 0 Å². The summed E-state index contributed by atoms with van der Waals surface area (Å²) in [5, 5.41) is 45.0. The summed E-state index contributed by atoms with van der Waals surface area (Å²) in [5.41, 5.74) is 0. The highest BCUT2D eigenvalue weighted by atomic mass is 16.4. The SMILES string of the molecule is O=C(O)CNCC(=O)NC1CCC(NC(=O)CN(CC(=O)O)C2CCCC[C@H]2N(CC(=O)O)CC(=O)O)CC1. The Hall–Kier alpha value is -3.30. The predicted octanol–water partition coefficient (Wildman–Crippen LogP) is -1.63. The van der Waals surface area contributed by atoms with Gasteiger partial charge in [-0.25, -0.2) is 0 Å². The normalized spacial score (nSPS) is 23.2. The standard InChI is InChI=1S/C24H39N5O10/c30-19(9-25-10-21(32)33)26-15-5-7-16(8-6-15)27-20(31)11-28(12-22(34)35)17-3-1-2-4-18(17)29(13-23(36)37)14-24(38)39/h15-18,25H,1-14H2,(H,26,30)(H,27,31)(H,32,33)(H,34,35)(H,36,37)(H,38,39)/t15?,16?,17?,18-/m1/s1. The van der Waals surface area contributed by atoms with Crippen LogP contribution in [-0.2, 0) is 28.8 Å². The molecular formula is C24H39N5O10. The van der Waals surface area contributed by atoms with E-state index in [1.54, 1.807) is 0 Å². The first kappa shape index (κ1) is 31.9. The maximum Gasteiger partial charge on any atom is 0.317 e. The zero-order chi connectivity index (χ0) is 28.9. The smallest absolute Gasteiger partial charge is 0.317 e. The number of aliphatic carboxylic acids is 4. The summed E-state index contributed by atoms with van der Waals surface area (Å²) in [6.07, 6.45) is 4.88. The van der Waals surface area contributed by atoms with Crippen molar-refractivity contribution in [2.75, 3.05) is 39.3 Å². The van der Waals surface area contributed by atoms with Gasteiger partial charge in [0.25, 0.3) is 0 Å². The minimum atomic E-state index is -1.19. The lowest BCUT2D eigenvalue weighted by atomic mass is 9.87. The Labute approximate surface area is 225 Å². The number of amides is 2. The Bertz CT molecular complexity index is 877. The van der Waals surface area contributed by atoms with Gasteiger partial charge in [-0.3, -0.25) is 43.9 Å². The summed E-state index contributed by atoms with van der Waals surface area (Å²) < 4.78 is 0. The number of carboxylic acid groups (broad SMARTS) is 4. The lowest BCUT2D eigenvalue weighted by Crippen LogP contribution is -2.58. The van der Waals surface area contributed by atoms with Gasteiger partial charge in [-0.1, -0.05) is 12.8 Å². The van der Waals surface area contributed by atoms with Crippen LogP contribution >= 0.6 is 0 Å². The lowest BCUT2D eigenvalue weighted by molar-refractivity contribution is -0.147.